The number of carbonyl (C=O) groups is 2. The topological polar surface area (TPSA) is 49.9 Å². The molecule has 2 aliphatic rings. The van der Waals surface area contributed by atoms with Crippen LogP contribution in [0.1, 0.15) is 41.3 Å². The largest absolute Gasteiger partial charge is 0.382 e. The van der Waals surface area contributed by atoms with Crippen LogP contribution in [0.4, 0.5) is 0 Å². The summed E-state index contributed by atoms with van der Waals surface area (Å²) in [5, 5.41) is 0. The molecule has 2 unspecified atom stereocenters. The number of carbonyl (C=O) groups excluding carboxylic acids is 2. The van der Waals surface area contributed by atoms with Crippen molar-refractivity contribution in [1.82, 2.24) is 9.80 Å². The highest BCUT2D eigenvalue weighted by Gasteiger charge is 2.33. The first-order chi connectivity index (χ1) is 13.5. The number of ether oxygens (including phenoxy) is 1. The van der Waals surface area contributed by atoms with Crippen LogP contribution in [0.2, 0.25) is 0 Å². The fraction of sp³-hybridized carbons (Fsp3) is 0.478. The first kappa shape index (κ1) is 20.3. The maximum absolute atomic E-state index is 13.1. The van der Waals surface area contributed by atoms with Crippen LogP contribution in [0.25, 0.3) is 6.08 Å². The minimum Gasteiger partial charge on any atom is -0.382 e. The zero-order valence-electron chi connectivity index (χ0n) is 16.9. The fourth-order valence-electron chi connectivity index (χ4n) is 3.93. The molecule has 0 N–H and O–H groups in total. The van der Waals surface area contributed by atoms with E-state index < -0.39 is 0 Å². The Balaban J connectivity index is 1.70. The number of methoxy groups -OCH3 is 1. The number of rotatable bonds is 6. The second-order valence-corrected chi connectivity index (χ2v) is 7.72. The first-order valence-electron chi connectivity index (χ1n) is 10.0. The zero-order valence-corrected chi connectivity index (χ0v) is 16.9. The molecule has 2 amide bonds. The van der Waals surface area contributed by atoms with Gasteiger partial charge in [-0.3, -0.25) is 9.59 Å². The highest BCUT2D eigenvalue weighted by molar-refractivity contribution is 5.95. The number of piperazine rings is 1. The molecule has 0 aromatic heterocycles. The van der Waals surface area contributed by atoms with E-state index >= 15 is 0 Å². The van der Waals surface area contributed by atoms with Gasteiger partial charge < -0.3 is 14.5 Å². The number of amides is 2. The number of allylic oxidation sites excluding steroid dienone is 2. The van der Waals surface area contributed by atoms with Crippen LogP contribution < -0.4 is 0 Å². The van der Waals surface area contributed by atoms with Gasteiger partial charge in [-0.15, -0.1) is 6.58 Å². The van der Waals surface area contributed by atoms with Gasteiger partial charge in [0.25, 0.3) is 5.91 Å². The summed E-state index contributed by atoms with van der Waals surface area (Å²) in [6, 6.07) is 5.84. The fourth-order valence-corrected chi connectivity index (χ4v) is 3.93. The van der Waals surface area contributed by atoms with Gasteiger partial charge in [0.2, 0.25) is 5.91 Å². The van der Waals surface area contributed by atoms with Gasteiger partial charge in [-0.05, 0) is 42.0 Å². The van der Waals surface area contributed by atoms with Crippen LogP contribution in [0.5, 0.6) is 0 Å². The molecule has 2 atom stereocenters. The van der Waals surface area contributed by atoms with Crippen molar-refractivity contribution in [3.05, 3.63) is 53.6 Å². The molecule has 5 heteroatoms. The zero-order chi connectivity index (χ0) is 20.1. The average molecular weight is 383 g/mol. The lowest BCUT2D eigenvalue weighted by Gasteiger charge is -2.41. The molecule has 150 valence electrons. The Kier molecular flexibility index (Phi) is 6.68. The van der Waals surface area contributed by atoms with Gasteiger partial charge in [-0.1, -0.05) is 31.2 Å². The summed E-state index contributed by atoms with van der Waals surface area (Å²) in [5.41, 5.74) is 3.16. The third kappa shape index (κ3) is 4.53. The summed E-state index contributed by atoms with van der Waals surface area (Å²) < 4.78 is 5.34. The number of hydrogen-bond acceptors (Lipinski definition) is 3. The Hall–Kier alpha value is -2.40. The Labute approximate surface area is 167 Å². The minimum absolute atomic E-state index is 0.0324. The van der Waals surface area contributed by atoms with E-state index in [-0.39, 0.29) is 23.8 Å². The molecule has 5 nitrogen and oxygen atoms in total. The maximum atomic E-state index is 13.1. The van der Waals surface area contributed by atoms with E-state index in [0.717, 1.165) is 18.4 Å². The average Bonchev–Trinajstić information content (AvgIpc) is 2.72. The van der Waals surface area contributed by atoms with E-state index in [1.54, 1.807) is 13.2 Å². The maximum Gasteiger partial charge on any atom is 0.253 e. The van der Waals surface area contributed by atoms with Crippen LogP contribution in [0.3, 0.4) is 0 Å². The van der Waals surface area contributed by atoms with Crippen molar-refractivity contribution in [3.8, 4) is 0 Å². The molecular weight excluding hydrogens is 352 g/mol. The number of nitrogens with zero attached hydrogens (tertiary/aromatic N) is 2. The molecule has 28 heavy (non-hydrogen) atoms. The van der Waals surface area contributed by atoms with Crippen LogP contribution >= 0.6 is 0 Å². The summed E-state index contributed by atoms with van der Waals surface area (Å²) in [6.45, 7) is 7.75. The van der Waals surface area contributed by atoms with E-state index in [2.05, 4.69) is 18.7 Å². The normalized spacial score (nSPS) is 19.9. The van der Waals surface area contributed by atoms with E-state index in [4.69, 9.17) is 4.74 Å². The highest BCUT2D eigenvalue weighted by Crippen LogP contribution is 2.22. The van der Waals surface area contributed by atoms with Crippen molar-refractivity contribution in [2.24, 2.45) is 5.92 Å². The van der Waals surface area contributed by atoms with Gasteiger partial charge in [0.05, 0.1) is 12.6 Å². The number of benzene rings is 1. The number of aryl methyl sites for hydroxylation is 1. The van der Waals surface area contributed by atoms with Crippen LogP contribution in [-0.4, -0.2) is 61.0 Å². The summed E-state index contributed by atoms with van der Waals surface area (Å²) in [7, 11) is 1.63. The molecule has 1 heterocycles. The van der Waals surface area contributed by atoms with Gasteiger partial charge in [-0.25, -0.2) is 0 Å². The molecular formula is C23H30N2O3. The van der Waals surface area contributed by atoms with Crippen LogP contribution in [-0.2, 0) is 16.0 Å². The Bertz CT molecular complexity index is 771. The predicted octanol–water partition coefficient (Wildman–Crippen LogP) is 3.16. The summed E-state index contributed by atoms with van der Waals surface area (Å²) in [6.07, 6.45) is 8.52. The molecule has 0 radical (unpaired) electrons. The Morgan fingerprint density at radius 3 is 2.93 bits per heavy atom. The lowest BCUT2D eigenvalue weighted by Crippen LogP contribution is -2.58. The van der Waals surface area contributed by atoms with Gasteiger partial charge in [0.15, 0.2) is 0 Å². The van der Waals surface area contributed by atoms with Gasteiger partial charge >= 0.3 is 0 Å². The monoisotopic (exact) mass is 382 g/mol. The lowest BCUT2D eigenvalue weighted by molar-refractivity contribution is -0.137. The molecule has 1 aromatic rings. The quantitative estimate of drug-likeness (QED) is 0.710. The molecule has 3 rings (SSSR count). The molecule has 1 aliphatic heterocycles. The van der Waals surface area contributed by atoms with Crippen molar-refractivity contribution in [2.75, 3.05) is 33.4 Å². The molecule has 1 aromatic carbocycles. The van der Waals surface area contributed by atoms with Gasteiger partial charge in [-0.2, -0.15) is 0 Å². The van der Waals surface area contributed by atoms with E-state index in [0.29, 0.717) is 32.7 Å². The van der Waals surface area contributed by atoms with Crippen LogP contribution in [0.15, 0.2) is 36.9 Å². The SMILES string of the molecule is C=CC(C)CC(=O)N1CCN(C(=O)c2ccc3c(c2)CCC=C3)CC1COC. The van der Waals surface area contributed by atoms with Crippen LogP contribution in [0, 0.1) is 5.92 Å². The lowest BCUT2D eigenvalue weighted by atomic mass is 9.95. The Morgan fingerprint density at radius 1 is 1.36 bits per heavy atom. The second-order valence-electron chi connectivity index (χ2n) is 7.72. The van der Waals surface area contributed by atoms with E-state index in [1.807, 2.05) is 34.9 Å². The smallest absolute Gasteiger partial charge is 0.253 e. The van der Waals surface area contributed by atoms with Crippen molar-refractivity contribution in [1.29, 1.82) is 0 Å². The summed E-state index contributed by atoms with van der Waals surface area (Å²) in [5.74, 6) is 0.270. The summed E-state index contributed by atoms with van der Waals surface area (Å²) in [4.78, 5) is 29.5. The number of hydrogen-bond donors (Lipinski definition) is 0. The van der Waals surface area contributed by atoms with Crippen molar-refractivity contribution in [2.45, 2.75) is 32.2 Å². The third-order valence-corrected chi connectivity index (χ3v) is 5.62. The summed E-state index contributed by atoms with van der Waals surface area (Å²) >= 11 is 0. The third-order valence-electron chi connectivity index (χ3n) is 5.62. The number of fused-ring (bicyclic) bond motifs is 1. The first-order valence-corrected chi connectivity index (χ1v) is 10.0. The van der Waals surface area contributed by atoms with Gasteiger partial charge in [0, 0.05) is 38.7 Å². The molecule has 0 bridgehead atoms. The molecule has 0 spiro atoms. The standard InChI is InChI=1S/C23H30N2O3/c1-4-17(2)13-22(26)25-12-11-24(15-21(25)16-28-3)23(27)20-10-9-18-7-5-6-8-19(18)14-20/h4-5,7,9-10,14,17,21H,1,6,8,11-13,15-16H2,2-3H3. The molecule has 1 fully saturated rings. The Morgan fingerprint density at radius 2 is 2.18 bits per heavy atom. The minimum atomic E-state index is -0.118. The second kappa shape index (κ2) is 9.20. The van der Waals surface area contributed by atoms with E-state index in [1.165, 1.54) is 11.1 Å². The highest BCUT2D eigenvalue weighted by atomic mass is 16.5. The van der Waals surface area contributed by atoms with Gasteiger partial charge in [0.1, 0.15) is 0 Å². The van der Waals surface area contributed by atoms with E-state index in [9.17, 15) is 9.59 Å². The van der Waals surface area contributed by atoms with Crippen molar-refractivity contribution < 1.29 is 14.3 Å². The molecule has 1 saturated heterocycles. The van der Waals surface area contributed by atoms with Crippen molar-refractivity contribution >= 4 is 17.9 Å². The molecule has 0 saturated carbocycles. The van der Waals surface area contributed by atoms with Crippen molar-refractivity contribution in [3.63, 3.8) is 0 Å². The predicted molar refractivity (Wildman–Crippen MR) is 111 cm³/mol. The molecule has 1 aliphatic carbocycles.